The zero-order chi connectivity index (χ0) is 21.1. The minimum atomic E-state index is -0.238. The number of amides is 1. The van der Waals surface area contributed by atoms with Crippen LogP contribution in [0.4, 0.5) is 5.82 Å². The molecule has 8 nitrogen and oxygen atoms in total. The molecule has 3 aromatic rings. The van der Waals surface area contributed by atoms with Crippen molar-refractivity contribution in [1.29, 1.82) is 0 Å². The number of nitrogens with zero attached hydrogens (tertiary/aromatic N) is 4. The smallest absolute Gasteiger partial charge is 0.273 e. The molecule has 150 valence electrons. The van der Waals surface area contributed by atoms with Crippen molar-refractivity contribution in [3.8, 4) is 11.3 Å². The van der Waals surface area contributed by atoms with E-state index in [9.17, 15) is 4.79 Å². The minimum absolute atomic E-state index is 0.238. The monoisotopic (exact) mass is 391 g/mol. The van der Waals surface area contributed by atoms with Crippen molar-refractivity contribution in [2.24, 2.45) is 4.99 Å². The van der Waals surface area contributed by atoms with Gasteiger partial charge < -0.3 is 10.3 Å². The van der Waals surface area contributed by atoms with Crippen molar-refractivity contribution >= 4 is 24.5 Å². The van der Waals surface area contributed by atoms with E-state index in [2.05, 4.69) is 56.0 Å². The lowest BCUT2D eigenvalue weighted by Crippen LogP contribution is -2.22. The van der Waals surface area contributed by atoms with E-state index in [1.807, 2.05) is 32.9 Å². The molecule has 0 aromatic carbocycles. The average molecular weight is 391 g/mol. The summed E-state index contributed by atoms with van der Waals surface area (Å²) in [5.74, 6) is 1.43. The molecule has 3 heterocycles. The Labute approximate surface area is 169 Å². The minimum Gasteiger partial charge on any atom is -0.339 e. The van der Waals surface area contributed by atoms with Crippen LogP contribution in [0.3, 0.4) is 0 Å². The first-order valence-corrected chi connectivity index (χ1v) is 9.33. The summed E-state index contributed by atoms with van der Waals surface area (Å²) in [5, 5.41) is 9.70. The lowest BCUT2D eigenvalue weighted by molar-refractivity contribution is 0.0961. The molecule has 3 rings (SSSR count). The molecule has 0 fully saturated rings. The van der Waals surface area contributed by atoms with Crippen LogP contribution in [0.5, 0.6) is 0 Å². The summed E-state index contributed by atoms with van der Waals surface area (Å²) < 4.78 is 0. The quantitative estimate of drug-likeness (QED) is 0.550. The number of nitrogens with one attached hydrogen (secondary N) is 3. The number of aryl methyl sites for hydroxylation is 1. The van der Waals surface area contributed by atoms with Gasteiger partial charge in [0.2, 0.25) is 0 Å². The van der Waals surface area contributed by atoms with E-state index in [1.54, 1.807) is 12.4 Å². The molecule has 1 amide bonds. The van der Waals surface area contributed by atoms with Gasteiger partial charge in [0.15, 0.2) is 0 Å². The Morgan fingerprint density at radius 3 is 2.52 bits per heavy atom. The molecule has 0 atom stereocenters. The summed E-state index contributed by atoms with van der Waals surface area (Å²) >= 11 is 0. The van der Waals surface area contributed by atoms with Crippen LogP contribution >= 0.6 is 0 Å². The molecular weight excluding hydrogens is 366 g/mol. The number of carbonyl (C=O) groups is 1. The Hall–Kier alpha value is -3.55. The van der Waals surface area contributed by atoms with Crippen molar-refractivity contribution < 1.29 is 4.79 Å². The van der Waals surface area contributed by atoms with Crippen molar-refractivity contribution in [3.63, 3.8) is 0 Å². The Balaban J connectivity index is 1.83. The van der Waals surface area contributed by atoms with Crippen LogP contribution in [0, 0.1) is 13.8 Å². The van der Waals surface area contributed by atoms with Gasteiger partial charge in [0.1, 0.15) is 17.3 Å². The van der Waals surface area contributed by atoms with Gasteiger partial charge in [-0.15, -0.1) is 0 Å². The van der Waals surface area contributed by atoms with Crippen LogP contribution < -0.4 is 5.32 Å². The number of hydrogen-bond acceptors (Lipinski definition) is 5. The summed E-state index contributed by atoms with van der Waals surface area (Å²) in [6, 6.07) is 1.93. The number of H-pyrrole nitrogens is 2. The Morgan fingerprint density at radius 1 is 1.28 bits per heavy atom. The van der Waals surface area contributed by atoms with Crippen LogP contribution in [0.25, 0.3) is 17.3 Å². The van der Waals surface area contributed by atoms with E-state index < -0.39 is 0 Å². The molecule has 0 saturated heterocycles. The van der Waals surface area contributed by atoms with Crippen LogP contribution in [-0.2, 0) is 0 Å². The molecule has 0 bridgehead atoms. The van der Waals surface area contributed by atoms with E-state index >= 15 is 0 Å². The third-order valence-corrected chi connectivity index (χ3v) is 4.65. The maximum atomic E-state index is 12.5. The second-order valence-corrected chi connectivity index (χ2v) is 7.22. The second kappa shape index (κ2) is 8.22. The SMILES string of the molecule is C=Nc1[nH]c(-c2cnc(C(C)C)nc2)cc1/C=C(\C)NC(=O)c1[nH]nc(C)c1C. The number of rotatable bonds is 6. The number of aromatic amines is 2. The maximum absolute atomic E-state index is 12.5. The molecule has 0 radical (unpaired) electrons. The molecule has 0 aliphatic rings. The highest BCUT2D eigenvalue weighted by atomic mass is 16.1. The van der Waals surface area contributed by atoms with Crippen molar-refractivity contribution in [2.75, 3.05) is 0 Å². The van der Waals surface area contributed by atoms with Gasteiger partial charge in [0.05, 0.1) is 11.4 Å². The highest BCUT2D eigenvalue weighted by Gasteiger charge is 2.14. The molecule has 0 aliphatic carbocycles. The fourth-order valence-electron chi connectivity index (χ4n) is 2.85. The lowest BCUT2D eigenvalue weighted by Gasteiger charge is -2.04. The van der Waals surface area contributed by atoms with Gasteiger partial charge in [0, 0.05) is 40.7 Å². The third kappa shape index (κ3) is 4.31. The zero-order valence-corrected chi connectivity index (χ0v) is 17.3. The van der Waals surface area contributed by atoms with Gasteiger partial charge >= 0.3 is 0 Å². The first kappa shape index (κ1) is 20.2. The van der Waals surface area contributed by atoms with Gasteiger partial charge in [-0.2, -0.15) is 5.10 Å². The van der Waals surface area contributed by atoms with Crippen LogP contribution in [0.15, 0.2) is 29.1 Å². The molecule has 3 aromatic heterocycles. The van der Waals surface area contributed by atoms with Crippen LogP contribution in [-0.4, -0.2) is 37.8 Å². The molecular formula is C21H25N7O. The van der Waals surface area contributed by atoms with Gasteiger partial charge in [-0.25, -0.2) is 15.0 Å². The first-order chi connectivity index (χ1) is 13.8. The van der Waals surface area contributed by atoms with E-state index in [-0.39, 0.29) is 11.8 Å². The largest absolute Gasteiger partial charge is 0.339 e. The van der Waals surface area contributed by atoms with Gasteiger partial charge in [-0.3, -0.25) is 9.89 Å². The van der Waals surface area contributed by atoms with E-state index in [0.717, 1.165) is 33.9 Å². The van der Waals surface area contributed by atoms with Gasteiger partial charge in [0.25, 0.3) is 5.91 Å². The summed E-state index contributed by atoms with van der Waals surface area (Å²) in [6.07, 6.45) is 5.41. The molecule has 0 unspecified atom stereocenters. The fraction of sp³-hybridized carbons (Fsp3) is 0.286. The predicted molar refractivity (Wildman–Crippen MR) is 114 cm³/mol. The Morgan fingerprint density at radius 2 is 1.97 bits per heavy atom. The Kier molecular flexibility index (Phi) is 5.72. The van der Waals surface area contributed by atoms with Crippen molar-refractivity contribution in [3.05, 3.63) is 52.5 Å². The molecule has 0 spiro atoms. The van der Waals surface area contributed by atoms with Crippen molar-refractivity contribution in [1.82, 2.24) is 30.5 Å². The fourth-order valence-corrected chi connectivity index (χ4v) is 2.85. The number of aromatic nitrogens is 5. The molecule has 8 heteroatoms. The normalized spacial score (nSPS) is 11.7. The molecule has 29 heavy (non-hydrogen) atoms. The highest BCUT2D eigenvalue weighted by molar-refractivity contribution is 5.95. The highest BCUT2D eigenvalue weighted by Crippen LogP contribution is 2.28. The summed E-state index contributed by atoms with van der Waals surface area (Å²) in [6.45, 7) is 13.3. The molecule has 3 N–H and O–H groups in total. The van der Waals surface area contributed by atoms with Crippen LogP contribution in [0.2, 0.25) is 0 Å². The number of carbonyl (C=O) groups excluding carboxylic acids is 1. The lowest BCUT2D eigenvalue weighted by atomic mass is 10.1. The third-order valence-electron chi connectivity index (χ3n) is 4.65. The predicted octanol–water partition coefficient (Wildman–Crippen LogP) is 4.06. The second-order valence-electron chi connectivity index (χ2n) is 7.22. The number of hydrogen-bond donors (Lipinski definition) is 3. The maximum Gasteiger partial charge on any atom is 0.273 e. The number of aliphatic imine (C=N–C) groups is 1. The molecule has 0 aliphatic heterocycles. The van der Waals surface area contributed by atoms with Crippen LogP contribution in [0.1, 0.15) is 59.8 Å². The topological polar surface area (TPSA) is 112 Å². The zero-order valence-electron chi connectivity index (χ0n) is 17.3. The number of allylic oxidation sites excluding steroid dienone is 1. The average Bonchev–Trinajstić information content (AvgIpc) is 3.25. The first-order valence-electron chi connectivity index (χ1n) is 9.33. The summed E-state index contributed by atoms with van der Waals surface area (Å²) in [7, 11) is 0. The standard InChI is InChI=1S/C21H25N7O/c1-11(2)19-23-9-16(10-24-19)17-8-15(20(22-6)26-17)7-12(3)25-21(29)18-13(4)14(5)27-28-18/h7-11,26H,6H2,1-5H3,(H,25,29)(H,27,28)/b12-7+. The summed E-state index contributed by atoms with van der Waals surface area (Å²) in [5.41, 5.74) is 5.24. The van der Waals surface area contributed by atoms with Gasteiger partial charge in [-0.1, -0.05) is 13.8 Å². The van der Waals surface area contributed by atoms with E-state index in [0.29, 0.717) is 17.2 Å². The van der Waals surface area contributed by atoms with Gasteiger partial charge in [-0.05, 0) is 39.6 Å². The molecule has 0 saturated carbocycles. The Bertz CT molecular complexity index is 1070. The van der Waals surface area contributed by atoms with E-state index in [4.69, 9.17) is 0 Å². The van der Waals surface area contributed by atoms with Crippen molar-refractivity contribution in [2.45, 2.75) is 40.5 Å². The summed E-state index contributed by atoms with van der Waals surface area (Å²) in [4.78, 5) is 28.5. The van der Waals surface area contributed by atoms with E-state index in [1.165, 1.54) is 0 Å².